The van der Waals surface area contributed by atoms with Crippen LogP contribution in [0.4, 0.5) is 17.5 Å². The summed E-state index contributed by atoms with van der Waals surface area (Å²) in [5.74, 6) is 0.548. The Hall–Kier alpha value is -2.63. The van der Waals surface area contributed by atoms with Crippen molar-refractivity contribution in [1.82, 2.24) is 9.97 Å². The van der Waals surface area contributed by atoms with Gasteiger partial charge in [-0.1, -0.05) is 18.2 Å². The minimum atomic E-state index is -0.697. The molecule has 1 aromatic heterocycles. The molecule has 0 radical (unpaired) electrons. The van der Waals surface area contributed by atoms with E-state index in [2.05, 4.69) is 14.9 Å². The van der Waals surface area contributed by atoms with Crippen LogP contribution in [0.25, 0.3) is 0 Å². The van der Waals surface area contributed by atoms with Crippen LogP contribution in [-0.2, 0) is 4.79 Å². The zero-order valence-corrected chi connectivity index (χ0v) is 13.1. The van der Waals surface area contributed by atoms with Gasteiger partial charge in [-0.15, -0.1) is 0 Å². The fraction of sp³-hybridized carbons (Fsp3) is 0.353. The Morgan fingerprint density at radius 2 is 1.91 bits per heavy atom. The van der Waals surface area contributed by atoms with Crippen molar-refractivity contribution in [1.29, 1.82) is 0 Å². The molecule has 6 heteroatoms. The Morgan fingerprint density at radius 1 is 1.22 bits per heavy atom. The van der Waals surface area contributed by atoms with E-state index in [1.165, 1.54) is 0 Å². The zero-order valence-electron chi connectivity index (χ0n) is 13.1. The third-order valence-electron chi connectivity index (χ3n) is 4.24. The third-order valence-corrected chi connectivity index (χ3v) is 4.24. The predicted octanol–water partition coefficient (Wildman–Crippen LogP) is 2.55. The maximum Gasteiger partial charge on any atom is 0.306 e. The summed E-state index contributed by atoms with van der Waals surface area (Å²) >= 11 is 0. The molecule has 1 N–H and O–H groups in total. The number of benzene rings is 1. The van der Waals surface area contributed by atoms with Crippen LogP contribution < -0.4 is 9.80 Å². The van der Waals surface area contributed by atoms with Gasteiger partial charge in [0.25, 0.3) is 0 Å². The summed E-state index contributed by atoms with van der Waals surface area (Å²) < 4.78 is 0. The molecule has 0 atom stereocenters. The van der Waals surface area contributed by atoms with Crippen LogP contribution in [0.15, 0.2) is 42.6 Å². The Kier molecular flexibility index (Phi) is 4.41. The summed E-state index contributed by atoms with van der Waals surface area (Å²) in [7, 11) is 1.94. The van der Waals surface area contributed by atoms with E-state index in [9.17, 15) is 4.79 Å². The number of hydrogen-bond donors (Lipinski definition) is 1. The normalized spacial score (nSPS) is 15.4. The van der Waals surface area contributed by atoms with Gasteiger partial charge in [-0.2, -0.15) is 4.98 Å². The van der Waals surface area contributed by atoms with Crippen LogP contribution >= 0.6 is 0 Å². The Morgan fingerprint density at radius 3 is 2.57 bits per heavy atom. The molecule has 0 saturated carbocycles. The van der Waals surface area contributed by atoms with Gasteiger partial charge in [0.15, 0.2) is 0 Å². The molecule has 2 aromatic rings. The summed E-state index contributed by atoms with van der Waals surface area (Å²) in [6.45, 7) is 1.42. The van der Waals surface area contributed by atoms with Gasteiger partial charge in [-0.05, 0) is 31.0 Å². The second-order valence-electron chi connectivity index (χ2n) is 5.71. The van der Waals surface area contributed by atoms with Gasteiger partial charge in [0.05, 0.1) is 5.92 Å². The summed E-state index contributed by atoms with van der Waals surface area (Å²) in [6, 6.07) is 11.8. The maximum absolute atomic E-state index is 11.0. The van der Waals surface area contributed by atoms with Gasteiger partial charge in [-0.3, -0.25) is 4.79 Å². The van der Waals surface area contributed by atoms with E-state index in [4.69, 9.17) is 5.11 Å². The van der Waals surface area contributed by atoms with Gasteiger partial charge >= 0.3 is 5.97 Å². The van der Waals surface area contributed by atoms with Crippen LogP contribution in [-0.4, -0.2) is 41.2 Å². The third kappa shape index (κ3) is 3.41. The molecular weight excluding hydrogens is 292 g/mol. The van der Waals surface area contributed by atoms with Crippen LogP contribution in [0.2, 0.25) is 0 Å². The van der Waals surface area contributed by atoms with Crippen molar-refractivity contribution in [2.75, 3.05) is 29.9 Å². The fourth-order valence-electron chi connectivity index (χ4n) is 2.80. The molecule has 0 aliphatic carbocycles. The maximum atomic E-state index is 11.0. The number of piperidine rings is 1. The van der Waals surface area contributed by atoms with E-state index in [-0.39, 0.29) is 5.92 Å². The molecule has 120 valence electrons. The molecule has 1 aliphatic heterocycles. The molecule has 1 aliphatic rings. The Bertz CT molecular complexity index is 669. The van der Waals surface area contributed by atoms with Crippen molar-refractivity contribution in [3.05, 3.63) is 42.6 Å². The minimum Gasteiger partial charge on any atom is -0.481 e. The highest BCUT2D eigenvalue weighted by Gasteiger charge is 2.25. The number of nitrogens with zero attached hydrogens (tertiary/aromatic N) is 4. The number of aliphatic carboxylic acids is 1. The number of carboxylic acid groups (broad SMARTS) is 1. The van der Waals surface area contributed by atoms with Crippen molar-refractivity contribution >= 4 is 23.4 Å². The number of anilines is 3. The molecule has 1 fully saturated rings. The topological polar surface area (TPSA) is 69.6 Å². The van der Waals surface area contributed by atoms with Gasteiger partial charge in [-0.25, -0.2) is 4.98 Å². The molecule has 0 amide bonds. The quantitative estimate of drug-likeness (QED) is 0.935. The number of hydrogen-bond acceptors (Lipinski definition) is 5. The first-order valence-electron chi connectivity index (χ1n) is 7.75. The van der Waals surface area contributed by atoms with Gasteiger partial charge in [0.1, 0.15) is 5.82 Å². The number of carbonyl (C=O) groups is 1. The first-order valence-corrected chi connectivity index (χ1v) is 7.75. The van der Waals surface area contributed by atoms with Crippen LogP contribution in [0.5, 0.6) is 0 Å². The van der Waals surface area contributed by atoms with Crippen LogP contribution in [0, 0.1) is 5.92 Å². The minimum absolute atomic E-state index is 0.237. The second-order valence-corrected chi connectivity index (χ2v) is 5.71. The highest BCUT2D eigenvalue weighted by Crippen LogP contribution is 2.25. The molecule has 0 spiro atoms. The van der Waals surface area contributed by atoms with E-state index < -0.39 is 5.97 Å². The lowest BCUT2D eigenvalue weighted by molar-refractivity contribution is -0.142. The molecule has 2 heterocycles. The van der Waals surface area contributed by atoms with Gasteiger partial charge in [0, 0.05) is 32.0 Å². The lowest BCUT2D eigenvalue weighted by atomic mass is 9.97. The first kappa shape index (κ1) is 15.3. The van der Waals surface area contributed by atoms with Crippen molar-refractivity contribution in [2.45, 2.75) is 12.8 Å². The highest BCUT2D eigenvalue weighted by atomic mass is 16.4. The summed E-state index contributed by atoms with van der Waals surface area (Å²) in [5.41, 5.74) is 1.02. The van der Waals surface area contributed by atoms with E-state index >= 15 is 0 Å². The second kappa shape index (κ2) is 6.64. The summed E-state index contributed by atoms with van der Waals surface area (Å²) in [4.78, 5) is 24.1. The van der Waals surface area contributed by atoms with Crippen molar-refractivity contribution in [3.63, 3.8) is 0 Å². The largest absolute Gasteiger partial charge is 0.481 e. The average molecular weight is 312 g/mol. The van der Waals surface area contributed by atoms with Gasteiger partial charge < -0.3 is 14.9 Å². The van der Waals surface area contributed by atoms with E-state index in [1.54, 1.807) is 6.20 Å². The standard InChI is InChI=1S/C17H20N4O2/c1-20(14-5-3-2-4-6-14)17-18-10-7-15(19-17)21-11-8-13(9-12-21)16(22)23/h2-7,10,13H,8-9,11-12H2,1H3,(H,22,23). The molecule has 3 rings (SSSR count). The zero-order chi connectivity index (χ0) is 16.2. The number of carboxylic acids is 1. The smallest absolute Gasteiger partial charge is 0.306 e. The predicted molar refractivity (Wildman–Crippen MR) is 89.1 cm³/mol. The molecular formula is C17H20N4O2. The van der Waals surface area contributed by atoms with Crippen molar-refractivity contribution in [3.8, 4) is 0 Å². The van der Waals surface area contributed by atoms with Crippen LogP contribution in [0.3, 0.4) is 0 Å². The van der Waals surface area contributed by atoms with Crippen molar-refractivity contribution in [2.24, 2.45) is 5.92 Å². The van der Waals surface area contributed by atoms with Crippen molar-refractivity contribution < 1.29 is 9.90 Å². The molecule has 1 aromatic carbocycles. The SMILES string of the molecule is CN(c1ccccc1)c1nccc(N2CCC(C(=O)O)CC2)n1. The lowest BCUT2D eigenvalue weighted by Gasteiger charge is -2.31. The molecule has 6 nitrogen and oxygen atoms in total. The number of aromatic nitrogens is 2. The summed E-state index contributed by atoms with van der Waals surface area (Å²) in [5, 5.41) is 9.09. The lowest BCUT2D eigenvalue weighted by Crippen LogP contribution is -2.37. The van der Waals surface area contributed by atoms with Gasteiger partial charge in [0.2, 0.25) is 5.95 Å². The Labute approximate surface area is 135 Å². The van der Waals surface area contributed by atoms with Crippen LogP contribution in [0.1, 0.15) is 12.8 Å². The highest BCUT2D eigenvalue weighted by molar-refractivity contribution is 5.70. The number of para-hydroxylation sites is 1. The molecule has 0 unspecified atom stereocenters. The fourth-order valence-corrected chi connectivity index (χ4v) is 2.80. The van der Waals surface area contributed by atoms with E-state index in [0.717, 1.165) is 11.5 Å². The monoisotopic (exact) mass is 312 g/mol. The molecule has 23 heavy (non-hydrogen) atoms. The van der Waals surface area contributed by atoms with E-state index in [1.807, 2.05) is 48.3 Å². The molecule has 1 saturated heterocycles. The first-order chi connectivity index (χ1) is 11.1. The average Bonchev–Trinajstić information content (AvgIpc) is 2.62. The Balaban J connectivity index is 1.74. The molecule has 0 bridgehead atoms. The number of rotatable bonds is 4. The van der Waals surface area contributed by atoms with E-state index in [0.29, 0.717) is 31.9 Å². The summed E-state index contributed by atoms with van der Waals surface area (Å²) in [6.07, 6.45) is 3.06.